The molecule has 2 unspecified atom stereocenters. The molecule has 3 N–H and O–H groups in total. The molecule has 1 aliphatic rings. The topological polar surface area (TPSA) is 55.5 Å². The number of hydrogen-bond donors (Lipinski definition) is 2. The molecule has 2 atom stereocenters. The van der Waals surface area contributed by atoms with Crippen LogP contribution in [0.2, 0.25) is 0 Å². The minimum absolute atomic E-state index is 0.0937. The summed E-state index contributed by atoms with van der Waals surface area (Å²) in [5.41, 5.74) is 5.80. The van der Waals surface area contributed by atoms with E-state index in [-0.39, 0.29) is 12.0 Å². The van der Waals surface area contributed by atoms with Crippen LogP contribution < -0.4 is 5.73 Å². The fourth-order valence-corrected chi connectivity index (χ4v) is 3.61. The van der Waals surface area contributed by atoms with Crippen LogP contribution >= 0.6 is 11.3 Å². The molecular weight excluding hydrogens is 246 g/mol. The van der Waals surface area contributed by atoms with Gasteiger partial charge in [-0.15, -0.1) is 11.3 Å². The lowest BCUT2D eigenvalue weighted by molar-refractivity contribution is -0.0397. The second kappa shape index (κ2) is 6.66. The number of hydrogen-bond acceptors (Lipinski definition) is 4. The third-order valence-corrected chi connectivity index (χ3v) is 4.80. The van der Waals surface area contributed by atoms with E-state index in [1.165, 1.54) is 4.88 Å². The van der Waals surface area contributed by atoms with Crippen molar-refractivity contribution < 1.29 is 9.84 Å². The van der Waals surface area contributed by atoms with Crippen LogP contribution in [0.3, 0.4) is 0 Å². The van der Waals surface area contributed by atoms with Gasteiger partial charge in [0.15, 0.2) is 0 Å². The van der Waals surface area contributed by atoms with Crippen molar-refractivity contribution >= 4 is 11.3 Å². The number of thiophene rings is 1. The summed E-state index contributed by atoms with van der Waals surface area (Å²) in [5, 5.41) is 12.4. The first-order valence-electron chi connectivity index (χ1n) is 6.77. The second-order valence-electron chi connectivity index (χ2n) is 5.08. The molecule has 18 heavy (non-hydrogen) atoms. The highest BCUT2D eigenvalue weighted by atomic mass is 32.1. The van der Waals surface area contributed by atoms with Crippen LogP contribution in [-0.4, -0.2) is 30.5 Å². The smallest absolute Gasteiger partial charge is 0.0631 e. The third kappa shape index (κ3) is 3.32. The van der Waals surface area contributed by atoms with Gasteiger partial charge < -0.3 is 15.6 Å². The van der Waals surface area contributed by atoms with Gasteiger partial charge in [-0.3, -0.25) is 0 Å². The molecule has 1 heterocycles. The average Bonchev–Trinajstić information content (AvgIpc) is 2.81. The van der Waals surface area contributed by atoms with Gasteiger partial charge in [0, 0.05) is 23.9 Å². The summed E-state index contributed by atoms with van der Waals surface area (Å²) in [4.78, 5) is 1.20. The van der Waals surface area contributed by atoms with Crippen molar-refractivity contribution in [2.24, 2.45) is 11.7 Å². The van der Waals surface area contributed by atoms with Crippen molar-refractivity contribution in [2.45, 2.75) is 44.3 Å². The second-order valence-corrected chi connectivity index (χ2v) is 6.05. The first kappa shape index (κ1) is 14.0. The molecule has 0 spiro atoms. The summed E-state index contributed by atoms with van der Waals surface area (Å²) in [6.07, 6.45) is 3.13. The van der Waals surface area contributed by atoms with E-state index in [9.17, 15) is 5.11 Å². The van der Waals surface area contributed by atoms with Crippen LogP contribution in [0.4, 0.5) is 0 Å². The van der Waals surface area contributed by atoms with Gasteiger partial charge in [-0.2, -0.15) is 0 Å². The van der Waals surface area contributed by atoms with Gasteiger partial charge in [-0.1, -0.05) is 6.07 Å². The van der Waals surface area contributed by atoms with Gasteiger partial charge in [-0.05, 0) is 43.6 Å². The van der Waals surface area contributed by atoms with Crippen molar-refractivity contribution in [3.05, 3.63) is 22.4 Å². The van der Waals surface area contributed by atoms with Gasteiger partial charge in [-0.25, -0.2) is 0 Å². The summed E-state index contributed by atoms with van der Waals surface area (Å²) in [5.74, 6) is 0.696. The minimum atomic E-state index is -0.318. The Morgan fingerprint density at radius 3 is 2.89 bits per heavy atom. The van der Waals surface area contributed by atoms with Gasteiger partial charge in [0.25, 0.3) is 0 Å². The van der Waals surface area contributed by atoms with E-state index in [2.05, 4.69) is 6.07 Å². The van der Waals surface area contributed by atoms with E-state index >= 15 is 0 Å². The lowest BCUT2D eigenvalue weighted by Crippen LogP contribution is -2.36. The number of nitrogens with two attached hydrogens (primary N) is 1. The first-order valence-corrected chi connectivity index (χ1v) is 7.65. The first-order chi connectivity index (χ1) is 8.74. The van der Waals surface area contributed by atoms with Crippen molar-refractivity contribution in [1.82, 2.24) is 0 Å². The molecule has 4 heteroatoms. The van der Waals surface area contributed by atoms with Crippen LogP contribution in [0.1, 0.15) is 37.0 Å². The van der Waals surface area contributed by atoms with Crippen molar-refractivity contribution in [1.29, 1.82) is 0 Å². The largest absolute Gasteiger partial charge is 0.392 e. The Morgan fingerprint density at radius 2 is 2.33 bits per heavy atom. The van der Waals surface area contributed by atoms with Crippen LogP contribution in [0.5, 0.6) is 0 Å². The molecule has 0 bridgehead atoms. The van der Waals surface area contributed by atoms with E-state index < -0.39 is 0 Å². The number of aliphatic hydroxyl groups excluding tert-OH is 1. The molecule has 1 aromatic heterocycles. The highest BCUT2D eigenvalue weighted by Gasteiger charge is 2.33. The molecule has 1 saturated carbocycles. The molecule has 1 aromatic rings. The maximum Gasteiger partial charge on any atom is 0.0631 e. The standard InChI is InChI=1S/C14H23NO2S/c1-2-17-11-6-10(7-11)8-13(16)12(9-15)14-4-3-5-18-14/h3-5,10-13,16H,2,6-9,15H2,1H3. The Balaban J connectivity index is 1.79. The summed E-state index contributed by atoms with van der Waals surface area (Å²) in [6, 6.07) is 4.08. The lowest BCUT2D eigenvalue weighted by atomic mass is 9.77. The quantitative estimate of drug-likeness (QED) is 0.799. The predicted molar refractivity (Wildman–Crippen MR) is 74.9 cm³/mol. The summed E-state index contributed by atoms with van der Waals surface area (Å²) < 4.78 is 5.54. The number of ether oxygens (including phenoxy) is 1. The summed E-state index contributed by atoms with van der Waals surface area (Å²) in [6.45, 7) is 3.34. The van der Waals surface area contributed by atoms with Gasteiger partial charge in [0.2, 0.25) is 0 Å². The Morgan fingerprint density at radius 1 is 1.56 bits per heavy atom. The van der Waals surface area contributed by atoms with Crippen molar-refractivity contribution in [2.75, 3.05) is 13.2 Å². The molecule has 0 aromatic carbocycles. The zero-order valence-corrected chi connectivity index (χ0v) is 11.7. The monoisotopic (exact) mass is 269 g/mol. The number of rotatable bonds is 7. The highest BCUT2D eigenvalue weighted by molar-refractivity contribution is 7.10. The molecule has 102 valence electrons. The molecule has 1 aliphatic carbocycles. The predicted octanol–water partition coefficient (Wildman–Crippen LogP) is 2.36. The minimum Gasteiger partial charge on any atom is -0.392 e. The van der Waals surface area contributed by atoms with Crippen LogP contribution in [0.15, 0.2) is 17.5 Å². The van der Waals surface area contributed by atoms with Gasteiger partial charge in [0.1, 0.15) is 0 Å². The summed E-state index contributed by atoms with van der Waals surface area (Å²) >= 11 is 1.68. The van der Waals surface area contributed by atoms with Crippen LogP contribution in [0.25, 0.3) is 0 Å². The molecule has 2 rings (SSSR count). The fourth-order valence-electron chi connectivity index (χ4n) is 2.71. The average molecular weight is 269 g/mol. The van der Waals surface area contributed by atoms with E-state index in [0.717, 1.165) is 25.9 Å². The number of aliphatic hydroxyl groups is 1. The SMILES string of the molecule is CCOC1CC(CC(O)C(CN)c2cccs2)C1. The van der Waals surface area contributed by atoms with Gasteiger partial charge >= 0.3 is 0 Å². The summed E-state index contributed by atoms with van der Waals surface area (Å²) in [7, 11) is 0. The highest BCUT2D eigenvalue weighted by Crippen LogP contribution is 2.36. The Hall–Kier alpha value is -0.420. The molecule has 3 nitrogen and oxygen atoms in total. The van der Waals surface area contributed by atoms with E-state index in [1.807, 2.05) is 18.4 Å². The molecule has 0 amide bonds. The van der Waals surface area contributed by atoms with Crippen molar-refractivity contribution in [3.63, 3.8) is 0 Å². The Kier molecular flexibility index (Phi) is 5.18. The maximum absolute atomic E-state index is 10.3. The van der Waals surface area contributed by atoms with E-state index in [1.54, 1.807) is 11.3 Å². The van der Waals surface area contributed by atoms with Crippen LogP contribution in [0, 0.1) is 5.92 Å². The Labute approximate surface area is 113 Å². The zero-order valence-electron chi connectivity index (χ0n) is 10.9. The maximum atomic E-state index is 10.3. The lowest BCUT2D eigenvalue weighted by Gasteiger charge is -2.37. The zero-order chi connectivity index (χ0) is 13.0. The van der Waals surface area contributed by atoms with Crippen molar-refractivity contribution in [3.8, 4) is 0 Å². The molecular formula is C14H23NO2S. The normalized spacial score (nSPS) is 26.6. The fraction of sp³-hybridized carbons (Fsp3) is 0.714. The third-order valence-electron chi connectivity index (χ3n) is 3.80. The Bertz CT molecular complexity index is 336. The molecule has 1 fully saturated rings. The van der Waals surface area contributed by atoms with E-state index in [0.29, 0.717) is 18.6 Å². The molecule has 0 radical (unpaired) electrons. The van der Waals surface area contributed by atoms with Gasteiger partial charge in [0.05, 0.1) is 12.2 Å². The molecule has 0 aliphatic heterocycles. The van der Waals surface area contributed by atoms with E-state index in [4.69, 9.17) is 10.5 Å². The molecule has 0 saturated heterocycles. The van der Waals surface area contributed by atoms with Crippen LogP contribution in [-0.2, 0) is 4.74 Å².